The fourth-order valence-corrected chi connectivity index (χ4v) is 3.23. The van der Waals surface area contributed by atoms with E-state index in [0.717, 1.165) is 17.0 Å². The largest absolute Gasteiger partial charge is 0.494 e. The molecule has 7 heteroatoms. The van der Waals surface area contributed by atoms with Crippen LogP contribution in [-0.4, -0.2) is 25.0 Å². The number of carbonyl (C=O) groups excluding carboxylic acids is 2. The minimum Gasteiger partial charge on any atom is -0.494 e. The van der Waals surface area contributed by atoms with Gasteiger partial charge in [0.25, 0.3) is 5.91 Å². The number of ether oxygens (including phenoxy) is 1. The molecule has 1 heterocycles. The molecule has 2 aromatic rings. The van der Waals surface area contributed by atoms with Crippen molar-refractivity contribution in [3.05, 3.63) is 58.1 Å². The van der Waals surface area contributed by atoms with Crippen molar-refractivity contribution < 1.29 is 14.3 Å². The molecule has 1 atom stereocenters. The zero-order valence-corrected chi connectivity index (χ0v) is 15.7. The van der Waals surface area contributed by atoms with E-state index in [-0.39, 0.29) is 11.8 Å². The van der Waals surface area contributed by atoms with Gasteiger partial charge >= 0.3 is 0 Å². The Morgan fingerprint density at radius 1 is 1.15 bits per heavy atom. The molecule has 1 aliphatic rings. The highest BCUT2D eigenvalue weighted by Crippen LogP contribution is 2.37. The molecule has 0 saturated carbocycles. The molecular weight excluding hydrogens is 375 g/mol. The van der Waals surface area contributed by atoms with E-state index < -0.39 is 6.04 Å². The van der Waals surface area contributed by atoms with Gasteiger partial charge in [0.15, 0.2) is 0 Å². The zero-order valence-electron chi connectivity index (χ0n) is 14.2. The molecule has 1 N–H and O–H groups in total. The van der Waals surface area contributed by atoms with E-state index in [1.54, 1.807) is 47.4 Å². The molecular formula is C19H18Cl2N2O3. The molecule has 2 amide bonds. The second kappa shape index (κ2) is 7.98. The van der Waals surface area contributed by atoms with Gasteiger partial charge in [-0.3, -0.25) is 9.59 Å². The van der Waals surface area contributed by atoms with Crippen LogP contribution < -0.4 is 15.0 Å². The molecule has 1 aliphatic heterocycles. The van der Waals surface area contributed by atoms with Gasteiger partial charge in [0.05, 0.1) is 6.61 Å². The summed E-state index contributed by atoms with van der Waals surface area (Å²) < 4.78 is 5.67. The second-order valence-electron chi connectivity index (χ2n) is 5.98. The lowest BCUT2D eigenvalue weighted by molar-refractivity contribution is -0.126. The molecule has 3 rings (SSSR count). The molecule has 0 aromatic heterocycles. The molecule has 136 valence electrons. The molecule has 0 fully saturated rings. The molecule has 0 saturated heterocycles. The lowest BCUT2D eigenvalue weighted by Crippen LogP contribution is -2.37. The van der Waals surface area contributed by atoms with Crippen LogP contribution in [-0.2, 0) is 9.59 Å². The van der Waals surface area contributed by atoms with Gasteiger partial charge in [0.1, 0.15) is 11.8 Å². The number of halogens is 2. The van der Waals surface area contributed by atoms with Crippen LogP contribution in [0.3, 0.4) is 0 Å². The Labute approximate surface area is 161 Å². The average Bonchev–Trinajstić information content (AvgIpc) is 2.84. The van der Waals surface area contributed by atoms with Crippen LogP contribution in [0.4, 0.5) is 5.69 Å². The summed E-state index contributed by atoms with van der Waals surface area (Å²) >= 11 is 11.9. The van der Waals surface area contributed by atoms with Crippen molar-refractivity contribution in [1.29, 1.82) is 0 Å². The number of rotatable bonds is 6. The van der Waals surface area contributed by atoms with Gasteiger partial charge < -0.3 is 15.0 Å². The number of nitrogens with one attached hydrogen (secondary N) is 1. The zero-order chi connectivity index (χ0) is 18.7. The third-order valence-electron chi connectivity index (χ3n) is 4.06. The van der Waals surface area contributed by atoms with E-state index >= 15 is 0 Å². The molecule has 0 spiro atoms. The maximum atomic E-state index is 12.7. The number of fused-ring (bicyclic) bond motifs is 1. The van der Waals surface area contributed by atoms with Crippen LogP contribution >= 0.6 is 23.2 Å². The summed E-state index contributed by atoms with van der Waals surface area (Å²) in [5.74, 6) is 0.302. The summed E-state index contributed by atoms with van der Waals surface area (Å²) in [5.41, 5.74) is 1.49. The van der Waals surface area contributed by atoms with E-state index in [0.29, 0.717) is 29.6 Å². The third-order valence-corrected chi connectivity index (χ3v) is 4.55. The number of carbonyl (C=O) groups is 2. The topological polar surface area (TPSA) is 58.6 Å². The Bertz CT molecular complexity index is 824. The number of benzene rings is 2. The molecule has 5 nitrogen and oxygen atoms in total. The first kappa shape index (κ1) is 18.5. The molecule has 0 aliphatic carbocycles. The fraction of sp³-hybridized carbons (Fsp3) is 0.263. The smallest absolute Gasteiger partial charge is 0.254 e. The van der Waals surface area contributed by atoms with Crippen molar-refractivity contribution in [2.24, 2.45) is 0 Å². The number of nitrogens with zero attached hydrogens (tertiary/aromatic N) is 1. The Morgan fingerprint density at radius 3 is 2.54 bits per heavy atom. The van der Waals surface area contributed by atoms with Crippen LogP contribution in [0.1, 0.15) is 24.9 Å². The van der Waals surface area contributed by atoms with Crippen molar-refractivity contribution in [2.45, 2.75) is 19.4 Å². The minimum atomic E-state index is -0.696. The number of hydrogen-bond acceptors (Lipinski definition) is 3. The molecule has 0 unspecified atom stereocenters. The highest BCUT2D eigenvalue weighted by atomic mass is 35.5. The number of anilines is 1. The summed E-state index contributed by atoms with van der Waals surface area (Å²) in [5, 5.41) is 3.87. The van der Waals surface area contributed by atoms with Gasteiger partial charge in [-0.1, -0.05) is 23.2 Å². The number of amides is 2. The lowest BCUT2D eigenvalue weighted by Gasteiger charge is -2.18. The molecule has 2 aromatic carbocycles. The summed E-state index contributed by atoms with van der Waals surface area (Å²) in [6, 6.07) is 11.7. The standard InChI is InChI=1S/C19H18Cl2N2O3/c1-12(24)22-18-16-11-14(21)5-8-17(16)23(19(18)25)9-2-10-26-15-6-3-13(20)4-7-15/h3-8,11,18H,2,9-10H2,1H3,(H,22,24)/t18-/m1/s1. The Balaban J connectivity index is 1.65. The highest BCUT2D eigenvalue weighted by Gasteiger charge is 2.37. The van der Waals surface area contributed by atoms with Crippen LogP contribution in [0, 0.1) is 0 Å². The highest BCUT2D eigenvalue weighted by molar-refractivity contribution is 6.31. The first-order valence-corrected chi connectivity index (χ1v) is 8.97. The van der Waals surface area contributed by atoms with Crippen LogP contribution in [0.5, 0.6) is 5.75 Å². The van der Waals surface area contributed by atoms with Gasteiger partial charge in [-0.25, -0.2) is 0 Å². The van der Waals surface area contributed by atoms with Crippen molar-refractivity contribution in [2.75, 3.05) is 18.1 Å². The Morgan fingerprint density at radius 2 is 1.85 bits per heavy atom. The van der Waals surface area contributed by atoms with Crippen LogP contribution in [0.2, 0.25) is 10.0 Å². The van der Waals surface area contributed by atoms with Crippen LogP contribution in [0.15, 0.2) is 42.5 Å². The van der Waals surface area contributed by atoms with E-state index in [2.05, 4.69) is 5.32 Å². The lowest BCUT2D eigenvalue weighted by atomic mass is 10.1. The first-order chi connectivity index (χ1) is 12.5. The Kier molecular flexibility index (Phi) is 5.69. The summed E-state index contributed by atoms with van der Waals surface area (Å²) in [7, 11) is 0. The van der Waals surface area contributed by atoms with E-state index in [9.17, 15) is 9.59 Å². The molecule has 0 bridgehead atoms. The monoisotopic (exact) mass is 392 g/mol. The van der Waals surface area contributed by atoms with Crippen molar-refractivity contribution in [3.8, 4) is 5.75 Å². The number of hydrogen-bond donors (Lipinski definition) is 1. The van der Waals surface area contributed by atoms with Crippen molar-refractivity contribution in [3.63, 3.8) is 0 Å². The van der Waals surface area contributed by atoms with Crippen molar-refractivity contribution in [1.82, 2.24) is 5.32 Å². The van der Waals surface area contributed by atoms with Crippen molar-refractivity contribution >= 4 is 40.7 Å². The maximum Gasteiger partial charge on any atom is 0.254 e. The normalized spacial score (nSPS) is 15.7. The summed E-state index contributed by atoms with van der Waals surface area (Å²) in [6.45, 7) is 2.33. The maximum absolute atomic E-state index is 12.7. The predicted molar refractivity (Wildman–Crippen MR) is 102 cm³/mol. The van der Waals surface area contributed by atoms with Gasteiger partial charge in [0, 0.05) is 34.8 Å². The molecule has 0 radical (unpaired) electrons. The van der Waals surface area contributed by atoms with Gasteiger partial charge in [-0.15, -0.1) is 0 Å². The minimum absolute atomic E-state index is 0.163. The molecule has 26 heavy (non-hydrogen) atoms. The van der Waals surface area contributed by atoms with Gasteiger partial charge in [-0.2, -0.15) is 0 Å². The third kappa shape index (κ3) is 4.11. The second-order valence-corrected chi connectivity index (χ2v) is 6.86. The average molecular weight is 393 g/mol. The summed E-state index contributed by atoms with van der Waals surface area (Å²) in [6.07, 6.45) is 0.642. The first-order valence-electron chi connectivity index (χ1n) is 8.22. The van der Waals surface area contributed by atoms with Gasteiger partial charge in [0.2, 0.25) is 5.91 Å². The van der Waals surface area contributed by atoms with Crippen LogP contribution in [0.25, 0.3) is 0 Å². The predicted octanol–water partition coefficient (Wildman–Crippen LogP) is 3.99. The van der Waals surface area contributed by atoms with E-state index in [1.165, 1.54) is 6.92 Å². The van der Waals surface area contributed by atoms with E-state index in [4.69, 9.17) is 27.9 Å². The van der Waals surface area contributed by atoms with Gasteiger partial charge in [-0.05, 0) is 48.9 Å². The van der Waals surface area contributed by atoms with E-state index in [1.807, 2.05) is 0 Å². The summed E-state index contributed by atoms with van der Waals surface area (Å²) in [4.78, 5) is 25.8. The fourth-order valence-electron chi connectivity index (χ4n) is 2.93. The SMILES string of the molecule is CC(=O)N[C@H]1C(=O)N(CCCOc2ccc(Cl)cc2)c2ccc(Cl)cc21. The Hall–Kier alpha value is -2.24. The quantitative estimate of drug-likeness (QED) is 0.756.